The number of benzene rings is 2. The Morgan fingerprint density at radius 1 is 1.09 bits per heavy atom. The zero-order valence-corrected chi connectivity index (χ0v) is 14.5. The normalized spacial score (nSPS) is 16.0. The molecule has 0 fully saturated rings. The zero-order chi connectivity index (χ0) is 16.4. The quantitative estimate of drug-likeness (QED) is 0.836. The van der Waals surface area contributed by atoms with E-state index in [1.165, 1.54) is 5.56 Å². The maximum atomic E-state index is 13.0. The number of hydrogen-bond donors (Lipinski definition) is 0. The van der Waals surface area contributed by atoms with Gasteiger partial charge < -0.3 is 0 Å². The van der Waals surface area contributed by atoms with Gasteiger partial charge in [0, 0.05) is 6.54 Å². The van der Waals surface area contributed by atoms with E-state index in [4.69, 9.17) is 0 Å². The lowest BCUT2D eigenvalue weighted by Gasteiger charge is -2.30. The Labute approximate surface area is 139 Å². The highest BCUT2D eigenvalue weighted by Crippen LogP contribution is 2.32. The van der Waals surface area contributed by atoms with Gasteiger partial charge in [0.1, 0.15) is 0 Å². The maximum absolute atomic E-state index is 13.0. The minimum atomic E-state index is -3.49. The summed E-state index contributed by atoms with van der Waals surface area (Å²) in [4.78, 5) is 0.376. The molecule has 1 unspecified atom stereocenters. The molecule has 3 rings (SSSR count). The summed E-state index contributed by atoms with van der Waals surface area (Å²) < 4.78 is 27.6. The lowest BCUT2D eigenvalue weighted by atomic mass is 9.99. The predicted molar refractivity (Wildman–Crippen MR) is 94.4 cm³/mol. The number of rotatable bonds is 4. The third kappa shape index (κ3) is 3.00. The van der Waals surface area contributed by atoms with E-state index in [0.29, 0.717) is 17.4 Å². The van der Waals surface area contributed by atoms with Crippen LogP contribution in [0.1, 0.15) is 43.7 Å². The molecule has 23 heavy (non-hydrogen) atoms. The summed E-state index contributed by atoms with van der Waals surface area (Å²) in [6.07, 6.45) is 2.85. The molecule has 0 N–H and O–H groups in total. The van der Waals surface area contributed by atoms with Crippen LogP contribution >= 0.6 is 0 Å². The Morgan fingerprint density at radius 3 is 2.48 bits per heavy atom. The van der Waals surface area contributed by atoms with Crippen molar-refractivity contribution >= 4 is 15.7 Å². The molecule has 0 bridgehead atoms. The minimum Gasteiger partial charge on any atom is -0.266 e. The molecule has 0 radical (unpaired) electrons. The molecule has 122 valence electrons. The molecule has 1 atom stereocenters. The van der Waals surface area contributed by atoms with Crippen molar-refractivity contribution in [3.05, 3.63) is 59.7 Å². The molecule has 2 aromatic rings. The third-order valence-electron chi connectivity index (χ3n) is 4.72. The molecule has 0 amide bonds. The van der Waals surface area contributed by atoms with E-state index in [1.807, 2.05) is 36.4 Å². The van der Waals surface area contributed by atoms with Crippen LogP contribution < -0.4 is 4.31 Å². The van der Waals surface area contributed by atoms with Gasteiger partial charge in [0.25, 0.3) is 10.0 Å². The van der Waals surface area contributed by atoms with Crippen molar-refractivity contribution in [2.45, 2.75) is 43.9 Å². The first-order valence-electron chi connectivity index (χ1n) is 8.24. The Hall–Kier alpha value is -1.81. The van der Waals surface area contributed by atoms with Crippen molar-refractivity contribution in [1.29, 1.82) is 0 Å². The molecule has 1 aliphatic rings. The predicted octanol–water partition coefficient (Wildman–Crippen LogP) is 4.34. The van der Waals surface area contributed by atoms with Gasteiger partial charge in [0.15, 0.2) is 0 Å². The smallest absolute Gasteiger partial charge is 0.264 e. The van der Waals surface area contributed by atoms with Crippen LogP contribution in [0, 0.1) is 0 Å². The van der Waals surface area contributed by atoms with Crippen LogP contribution in [-0.2, 0) is 16.4 Å². The Morgan fingerprint density at radius 2 is 1.78 bits per heavy atom. The van der Waals surface area contributed by atoms with Crippen LogP contribution in [-0.4, -0.2) is 15.0 Å². The van der Waals surface area contributed by atoms with Crippen molar-refractivity contribution in [2.24, 2.45) is 0 Å². The van der Waals surface area contributed by atoms with Crippen LogP contribution in [0.15, 0.2) is 53.4 Å². The van der Waals surface area contributed by atoms with Crippen molar-refractivity contribution in [1.82, 2.24) is 0 Å². The van der Waals surface area contributed by atoms with Gasteiger partial charge in [-0.1, -0.05) is 44.2 Å². The minimum absolute atomic E-state index is 0.376. The largest absolute Gasteiger partial charge is 0.266 e. The molecule has 0 saturated heterocycles. The van der Waals surface area contributed by atoms with Gasteiger partial charge in [0.2, 0.25) is 0 Å². The highest BCUT2D eigenvalue weighted by molar-refractivity contribution is 7.92. The van der Waals surface area contributed by atoms with Crippen LogP contribution in [0.25, 0.3) is 0 Å². The van der Waals surface area contributed by atoms with Crippen LogP contribution in [0.4, 0.5) is 5.69 Å². The van der Waals surface area contributed by atoms with Crippen molar-refractivity contribution in [3.8, 4) is 0 Å². The molecule has 0 aliphatic carbocycles. The SMILES string of the molecule is CCC(C)c1ccc(S(=O)(=O)N2CCCc3ccccc32)cc1. The average Bonchev–Trinajstić information content (AvgIpc) is 2.60. The van der Waals surface area contributed by atoms with Gasteiger partial charge >= 0.3 is 0 Å². The maximum Gasteiger partial charge on any atom is 0.264 e. The van der Waals surface area contributed by atoms with Crippen LogP contribution in [0.2, 0.25) is 0 Å². The second-order valence-corrected chi connectivity index (χ2v) is 8.05. The molecular weight excluding hydrogens is 306 g/mol. The highest BCUT2D eigenvalue weighted by Gasteiger charge is 2.28. The first-order valence-corrected chi connectivity index (χ1v) is 9.68. The first kappa shape index (κ1) is 16.1. The molecule has 3 nitrogen and oxygen atoms in total. The van der Waals surface area contributed by atoms with E-state index in [-0.39, 0.29) is 0 Å². The lowest BCUT2D eigenvalue weighted by Crippen LogP contribution is -2.35. The first-order chi connectivity index (χ1) is 11.0. The fourth-order valence-electron chi connectivity index (χ4n) is 3.08. The topological polar surface area (TPSA) is 37.4 Å². The standard InChI is InChI=1S/C19H23NO2S/c1-3-15(2)16-10-12-18(13-11-16)23(21,22)20-14-6-8-17-7-4-5-9-19(17)20/h4-5,7,9-13,15H,3,6,8,14H2,1-2H3. The molecule has 0 aromatic heterocycles. The van der Waals surface area contributed by atoms with Crippen molar-refractivity contribution < 1.29 is 8.42 Å². The van der Waals surface area contributed by atoms with Gasteiger partial charge in [0.05, 0.1) is 10.6 Å². The molecule has 0 spiro atoms. The fraction of sp³-hybridized carbons (Fsp3) is 0.368. The van der Waals surface area contributed by atoms with E-state index in [0.717, 1.165) is 30.5 Å². The molecule has 1 aliphatic heterocycles. The van der Waals surface area contributed by atoms with Gasteiger partial charge in [-0.3, -0.25) is 4.31 Å². The summed E-state index contributed by atoms with van der Waals surface area (Å²) in [5.74, 6) is 0.447. The van der Waals surface area contributed by atoms with Crippen LogP contribution in [0.3, 0.4) is 0 Å². The van der Waals surface area contributed by atoms with E-state index in [9.17, 15) is 8.42 Å². The molecular formula is C19H23NO2S. The zero-order valence-electron chi connectivity index (χ0n) is 13.7. The number of aryl methyl sites for hydroxylation is 1. The number of sulfonamides is 1. The Balaban J connectivity index is 1.97. The van der Waals surface area contributed by atoms with Gasteiger partial charge in [-0.2, -0.15) is 0 Å². The van der Waals surface area contributed by atoms with E-state index >= 15 is 0 Å². The number of nitrogens with zero attached hydrogens (tertiary/aromatic N) is 1. The lowest BCUT2D eigenvalue weighted by molar-refractivity contribution is 0.586. The van der Waals surface area contributed by atoms with Gasteiger partial charge in [-0.15, -0.1) is 0 Å². The summed E-state index contributed by atoms with van der Waals surface area (Å²) in [5.41, 5.74) is 3.12. The van der Waals surface area contributed by atoms with Crippen molar-refractivity contribution in [2.75, 3.05) is 10.8 Å². The Kier molecular flexibility index (Phi) is 4.44. The molecule has 0 saturated carbocycles. The summed E-state index contributed by atoms with van der Waals surface area (Å²) in [6.45, 7) is 4.84. The molecule has 1 heterocycles. The van der Waals surface area contributed by atoms with E-state index in [1.54, 1.807) is 16.4 Å². The van der Waals surface area contributed by atoms with Gasteiger partial charge in [-0.05, 0) is 54.5 Å². The summed E-state index contributed by atoms with van der Waals surface area (Å²) in [7, 11) is -3.49. The number of hydrogen-bond acceptors (Lipinski definition) is 2. The van der Waals surface area contributed by atoms with Crippen LogP contribution in [0.5, 0.6) is 0 Å². The second kappa shape index (κ2) is 6.36. The van der Waals surface area contributed by atoms with E-state index < -0.39 is 10.0 Å². The summed E-state index contributed by atoms with van der Waals surface area (Å²) in [5, 5.41) is 0. The molecule has 2 aromatic carbocycles. The van der Waals surface area contributed by atoms with E-state index in [2.05, 4.69) is 13.8 Å². The number of anilines is 1. The fourth-order valence-corrected chi connectivity index (χ4v) is 4.62. The Bertz CT molecular complexity index is 781. The highest BCUT2D eigenvalue weighted by atomic mass is 32.2. The number of para-hydroxylation sites is 1. The van der Waals surface area contributed by atoms with Crippen molar-refractivity contribution in [3.63, 3.8) is 0 Å². The van der Waals surface area contributed by atoms with Gasteiger partial charge in [-0.25, -0.2) is 8.42 Å². The number of fused-ring (bicyclic) bond motifs is 1. The summed E-state index contributed by atoms with van der Waals surface area (Å²) in [6, 6.07) is 15.2. The average molecular weight is 329 g/mol. The summed E-state index contributed by atoms with van der Waals surface area (Å²) >= 11 is 0. The second-order valence-electron chi connectivity index (χ2n) is 6.19. The monoisotopic (exact) mass is 329 g/mol. The molecule has 4 heteroatoms. The third-order valence-corrected chi connectivity index (χ3v) is 6.54.